The number of ether oxygens (including phenoxy) is 1. The summed E-state index contributed by atoms with van der Waals surface area (Å²) in [5.41, 5.74) is -0.658. The average molecular weight is 145 g/mol. The van der Waals surface area contributed by atoms with E-state index in [0.29, 0.717) is 6.42 Å². The summed E-state index contributed by atoms with van der Waals surface area (Å²) in [6.07, 6.45) is 0.684. The van der Waals surface area contributed by atoms with E-state index in [0.717, 1.165) is 0 Å². The fourth-order valence-corrected chi connectivity index (χ4v) is 0.662. The van der Waals surface area contributed by atoms with Gasteiger partial charge in [-0.15, -0.1) is 0 Å². The second kappa shape index (κ2) is 3.56. The molecule has 0 aromatic rings. The molecule has 3 heteroatoms. The molecule has 0 heterocycles. The number of nitrogens with one attached hydrogen (secondary N) is 1. The molecule has 0 aliphatic rings. The van der Waals surface area contributed by atoms with E-state index >= 15 is 0 Å². The summed E-state index contributed by atoms with van der Waals surface area (Å²) in [5, 5.41) is 2.54. The lowest BCUT2D eigenvalue weighted by atomic mass is 10.0. The van der Waals surface area contributed by atoms with E-state index in [1.165, 1.54) is 0 Å². The quantitative estimate of drug-likeness (QED) is 0.629. The highest BCUT2D eigenvalue weighted by Gasteiger charge is 2.29. The fourth-order valence-electron chi connectivity index (χ4n) is 0.662. The Balaban J connectivity index is 4.17. The highest BCUT2D eigenvalue weighted by Crippen LogP contribution is 2.12. The fraction of sp³-hybridized carbons (Fsp3) is 0.857. The van der Waals surface area contributed by atoms with Crippen LogP contribution in [0.5, 0.6) is 0 Å². The SMILES string of the molecule is CCC(C)(OC)C(=O)NC. The number of hydrogen-bond donors (Lipinski definition) is 1. The van der Waals surface area contributed by atoms with Crippen molar-refractivity contribution in [3.63, 3.8) is 0 Å². The van der Waals surface area contributed by atoms with E-state index in [1.807, 2.05) is 6.92 Å². The van der Waals surface area contributed by atoms with E-state index in [2.05, 4.69) is 5.32 Å². The van der Waals surface area contributed by atoms with Crippen LogP contribution in [0, 0.1) is 0 Å². The first-order chi connectivity index (χ1) is 4.60. The van der Waals surface area contributed by atoms with Gasteiger partial charge in [0.2, 0.25) is 0 Å². The minimum absolute atomic E-state index is 0.0718. The summed E-state index contributed by atoms with van der Waals surface area (Å²) in [7, 11) is 3.15. The van der Waals surface area contributed by atoms with Crippen LogP contribution in [0.15, 0.2) is 0 Å². The normalized spacial score (nSPS) is 16.0. The van der Waals surface area contributed by atoms with Gasteiger partial charge in [-0.25, -0.2) is 0 Å². The molecule has 1 unspecified atom stereocenters. The third-order valence-corrected chi connectivity index (χ3v) is 1.83. The number of methoxy groups -OCH3 is 1. The van der Waals surface area contributed by atoms with Crippen molar-refractivity contribution in [2.24, 2.45) is 0 Å². The van der Waals surface area contributed by atoms with Gasteiger partial charge in [0.1, 0.15) is 5.60 Å². The van der Waals surface area contributed by atoms with E-state index in [1.54, 1.807) is 21.1 Å². The Bertz CT molecular complexity index is 119. The standard InChI is InChI=1S/C7H15NO2/c1-5-7(2,10-4)6(9)8-3/h5H2,1-4H3,(H,8,9). The first-order valence-corrected chi connectivity index (χ1v) is 3.38. The van der Waals surface area contributed by atoms with Gasteiger partial charge in [0.25, 0.3) is 5.91 Å². The van der Waals surface area contributed by atoms with Gasteiger partial charge in [-0.1, -0.05) is 6.92 Å². The molecule has 0 aliphatic heterocycles. The first-order valence-electron chi connectivity index (χ1n) is 3.38. The predicted octanol–water partition coefficient (Wildman–Crippen LogP) is 0.547. The molecule has 10 heavy (non-hydrogen) atoms. The lowest BCUT2D eigenvalue weighted by molar-refractivity contribution is -0.141. The van der Waals surface area contributed by atoms with Crippen LogP contribution in [0.3, 0.4) is 0 Å². The van der Waals surface area contributed by atoms with Crippen LogP contribution in [0.2, 0.25) is 0 Å². The Labute approximate surface area is 61.8 Å². The molecule has 0 saturated carbocycles. The van der Waals surface area contributed by atoms with Crippen molar-refractivity contribution >= 4 is 5.91 Å². The van der Waals surface area contributed by atoms with Gasteiger partial charge in [0.05, 0.1) is 0 Å². The zero-order valence-corrected chi connectivity index (χ0v) is 7.02. The monoisotopic (exact) mass is 145 g/mol. The van der Waals surface area contributed by atoms with Crippen molar-refractivity contribution in [1.29, 1.82) is 0 Å². The summed E-state index contributed by atoms with van der Waals surface area (Å²) in [6.45, 7) is 3.69. The summed E-state index contributed by atoms with van der Waals surface area (Å²) >= 11 is 0. The highest BCUT2D eigenvalue weighted by atomic mass is 16.5. The van der Waals surface area contributed by atoms with Crippen molar-refractivity contribution in [1.82, 2.24) is 5.32 Å². The van der Waals surface area contributed by atoms with Crippen LogP contribution < -0.4 is 5.32 Å². The van der Waals surface area contributed by atoms with E-state index in [9.17, 15) is 4.79 Å². The van der Waals surface area contributed by atoms with Gasteiger partial charge in [-0.3, -0.25) is 4.79 Å². The first kappa shape index (κ1) is 9.43. The highest BCUT2D eigenvalue weighted by molar-refractivity contribution is 5.84. The van der Waals surface area contributed by atoms with Crippen LogP contribution in [0.25, 0.3) is 0 Å². The van der Waals surface area contributed by atoms with E-state index in [-0.39, 0.29) is 5.91 Å². The number of rotatable bonds is 3. The summed E-state index contributed by atoms with van der Waals surface area (Å²) in [4.78, 5) is 11.1. The minimum Gasteiger partial charge on any atom is -0.369 e. The van der Waals surface area contributed by atoms with Crippen molar-refractivity contribution in [2.45, 2.75) is 25.9 Å². The number of likely N-dealkylation sites (N-methyl/N-ethyl adjacent to an activating group) is 1. The Kier molecular flexibility index (Phi) is 3.36. The third kappa shape index (κ3) is 1.70. The Morgan fingerprint density at radius 2 is 2.20 bits per heavy atom. The molecule has 0 aromatic carbocycles. The van der Waals surface area contributed by atoms with E-state index < -0.39 is 5.60 Å². The molecule has 1 amide bonds. The van der Waals surface area contributed by atoms with Gasteiger partial charge in [0, 0.05) is 14.2 Å². The second-order valence-electron chi connectivity index (χ2n) is 2.37. The summed E-state index contributed by atoms with van der Waals surface area (Å²) in [5.74, 6) is -0.0718. The molecule has 0 rings (SSSR count). The van der Waals surface area contributed by atoms with Crippen molar-refractivity contribution in [3.8, 4) is 0 Å². The molecule has 0 radical (unpaired) electrons. The lowest BCUT2D eigenvalue weighted by Gasteiger charge is -2.23. The predicted molar refractivity (Wildman–Crippen MR) is 39.8 cm³/mol. The van der Waals surface area contributed by atoms with Crippen LogP contribution in [-0.2, 0) is 9.53 Å². The average Bonchev–Trinajstić information content (AvgIpc) is 2.01. The molecule has 3 nitrogen and oxygen atoms in total. The molecule has 0 bridgehead atoms. The van der Waals surface area contributed by atoms with Crippen LogP contribution in [-0.4, -0.2) is 25.7 Å². The smallest absolute Gasteiger partial charge is 0.251 e. The maximum absolute atomic E-state index is 11.1. The molecule has 1 N–H and O–H groups in total. The van der Waals surface area contributed by atoms with Crippen LogP contribution in [0.4, 0.5) is 0 Å². The summed E-state index contributed by atoms with van der Waals surface area (Å²) < 4.78 is 5.03. The van der Waals surface area contributed by atoms with Crippen molar-refractivity contribution < 1.29 is 9.53 Å². The summed E-state index contributed by atoms with van der Waals surface area (Å²) in [6, 6.07) is 0. The Morgan fingerprint density at radius 3 is 2.30 bits per heavy atom. The number of amides is 1. The second-order valence-corrected chi connectivity index (χ2v) is 2.37. The zero-order valence-electron chi connectivity index (χ0n) is 7.02. The largest absolute Gasteiger partial charge is 0.369 e. The number of hydrogen-bond acceptors (Lipinski definition) is 2. The Hall–Kier alpha value is -0.570. The molecule has 0 aromatic heterocycles. The molecular weight excluding hydrogens is 130 g/mol. The van der Waals surface area contributed by atoms with Crippen LogP contribution in [0.1, 0.15) is 20.3 Å². The molecule has 1 atom stereocenters. The number of carbonyl (C=O) groups excluding carboxylic acids is 1. The van der Waals surface area contributed by atoms with Gasteiger partial charge in [0.15, 0.2) is 0 Å². The molecule has 0 aliphatic carbocycles. The molecule has 0 saturated heterocycles. The molecule has 0 fully saturated rings. The van der Waals surface area contributed by atoms with Crippen LogP contribution >= 0.6 is 0 Å². The van der Waals surface area contributed by atoms with Gasteiger partial charge in [-0.05, 0) is 13.3 Å². The Morgan fingerprint density at radius 1 is 1.70 bits per heavy atom. The zero-order chi connectivity index (χ0) is 8.20. The maximum Gasteiger partial charge on any atom is 0.251 e. The van der Waals surface area contributed by atoms with Crippen molar-refractivity contribution in [2.75, 3.05) is 14.2 Å². The molecule has 0 spiro atoms. The van der Waals surface area contributed by atoms with Gasteiger partial charge in [-0.2, -0.15) is 0 Å². The van der Waals surface area contributed by atoms with Crippen molar-refractivity contribution in [3.05, 3.63) is 0 Å². The topological polar surface area (TPSA) is 38.3 Å². The van der Waals surface area contributed by atoms with E-state index in [4.69, 9.17) is 4.74 Å². The maximum atomic E-state index is 11.1. The lowest BCUT2D eigenvalue weighted by Crippen LogP contribution is -2.43. The minimum atomic E-state index is -0.658. The number of carbonyl (C=O) groups is 1. The van der Waals surface area contributed by atoms with Gasteiger partial charge < -0.3 is 10.1 Å². The van der Waals surface area contributed by atoms with Gasteiger partial charge >= 0.3 is 0 Å². The molecular formula is C7H15NO2. The molecule has 60 valence electrons. The third-order valence-electron chi connectivity index (χ3n) is 1.83.